The Kier molecular flexibility index (Phi) is 3.62. The molecule has 0 radical (unpaired) electrons. The van der Waals surface area contributed by atoms with E-state index in [-0.39, 0.29) is 11.7 Å². The summed E-state index contributed by atoms with van der Waals surface area (Å²) in [7, 11) is 0. The Morgan fingerprint density at radius 1 is 1.26 bits per heavy atom. The first-order valence-corrected chi connectivity index (χ1v) is 6.28. The molecule has 0 aliphatic carbocycles. The number of benzene rings is 1. The number of carbonyl (C=O) groups excluding carboxylic acids is 1. The number of hydrogen-bond acceptors (Lipinski definition) is 3. The van der Waals surface area contributed by atoms with Gasteiger partial charge in [0.1, 0.15) is 0 Å². The van der Waals surface area contributed by atoms with E-state index in [0.717, 1.165) is 11.1 Å². The van der Waals surface area contributed by atoms with Gasteiger partial charge in [-0.3, -0.25) is 4.79 Å². The lowest BCUT2D eigenvalue weighted by atomic mass is 10.1. The van der Waals surface area contributed by atoms with Crippen molar-refractivity contribution in [2.45, 2.75) is 27.7 Å². The fourth-order valence-electron chi connectivity index (χ4n) is 1.99. The Morgan fingerprint density at radius 2 is 1.95 bits per heavy atom. The monoisotopic (exact) mass is 278 g/mol. The van der Waals surface area contributed by atoms with E-state index in [2.05, 4.69) is 10.3 Å². The number of hydrogen-bond donors (Lipinski definition) is 1. The SMILES string of the molecule is Cc1cc(C)c(NC(=O)c2oc(C)nc2C)c(Cl)c1. The number of nitrogens with zero attached hydrogens (tertiary/aromatic N) is 1. The number of halogens is 1. The summed E-state index contributed by atoms with van der Waals surface area (Å²) in [6, 6.07) is 3.77. The lowest BCUT2D eigenvalue weighted by Gasteiger charge is -2.10. The Bertz CT molecular complexity index is 624. The second-order valence-corrected chi connectivity index (χ2v) is 4.95. The second kappa shape index (κ2) is 5.05. The third-order valence-corrected chi connectivity index (χ3v) is 3.08. The highest BCUT2D eigenvalue weighted by Crippen LogP contribution is 2.28. The number of rotatable bonds is 2. The van der Waals surface area contributed by atoms with Crippen molar-refractivity contribution in [3.8, 4) is 0 Å². The largest absolute Gasteiger partial charge is 0.436 e. The van der Waals surface area contributed by atoms with Gasteiger partial charge < -0.3 is 9.73 Å². The molecule has 1 aromatic carbocycles. The molecule has 0 fully saturated rings. The molecule has 4 nitrogen and oxygen atoms in total. The van der Waals surface area contributed by atoms with Crippen LogP contribution in [0, 0.1) is 27.7 Å². The summed E-state index contributed by atoms with van der Waals surface area (Å²) in [5, 5.41) is 3.29. The molecule has 0 unspecified atom stereocenters. The highest BCUT2D eigenvalue weighted by atomic mass is 35.5. The van der Waals surface area contributed by atoms with E-state index in [1.165, 1.54) is 0 Å². The van der Waals surface area contributed by atoms with Crippen molar-refractivity contribution in [1.82, 2.24) is 4.98 Å². The van der Waals surface area contributed by atoms with Gasteiger partial charge in [0.2, 0.25) is 5.76 Å². The molecule has 1 heterocycles. The zero-order chi connectivity index (χ0) is 14.2. The number of carbonyl (C=O) groups is 1. The van der Waals surface area contributed by atoms with Crippen LogP contribution >= 0.6 is 11.6 Å². The minimum atomic E-state index is -0.341. The number of anilines is 1. The van der Waals surface area contributed by atoms with Crippen molar-refractivity contribution >= 4 is 23.2 Å². The fraction of sp³-hybridized carbons (Fsp3) is 0.286. The summed E-state index contributed by atoms with van der Waals surface area (Å²) in [6.45, 7) is 7.28. The zero-order valence-corrected chi connectivity index (χ0v) is 12.1. The molecule has 1 aromatic heterocycles. The van der Waals surface area contributed by atoms with E-state index in [9.17, 15) is 4.79 Å². The topological polar surface area (TPSA) is 55.1 Å². The lowest BCUT2D eigenvalue weighted by Crippen LogP contribution is -2.13. The number of amides is 1. The Labute approximate surface area is 116 Å². The number of oxazole rings is 1. The molecule has 0 aliphatic heterocycles. The average Bonchev–Trinajstić information content (AvgIpc) is 2.62. The molecule has 2 aromatic rings. The average molecular weight is 279 g/mol. The van der Waals surface area contributed by atoms with E-state index >= 15 is 0 Å². The lowest BCUT2D eigenvalue weighted by molar-refractivity contribution is 0.0994. The number of aromatic nitrogens is 1. The normalized spacial score (nSPS) is 10.6. The van der Waals surface area contributed by atoms with Crippen LogP contribution in [-0.4, -0.2) is 10.9 Å². The Hall–Kier alpha value is -1.81. The van der Waals surface area contributed by atoms with Gasteiger partial charge in [-0.15, -0.1) is 0 Å². The summed E-state index contributed by atoms with van der Waals surface area (Å²) >= 11 is 6.15. The maximum absolute atomic E-state index is 12.1. The maximum atomic E-state index is 12.1. The van der Waals surface area contributed by atoms with Crippen LogP contribution in [0.2, 0.25) is 5.02 Å². The first kappa shape index (κ1) is 13.6. The highest BCUT2D eigenvalue weighted by molar-refractivity contribution is 6.34. The van der Waals surface area contributed by atoms with Crippen molar-refractivity contribution in [3.63, 3.8) is 0 Å². The second-order valence-electron chi connectivity index (χ2n) is 4.54. The third-order valence-electron chi connectivity index (χ3n) is 2.78. The molecule has 0 saturated heterocycles. The molecule has 0 atom stereocenters. The van der Waals surface area contributed by atoms with E-state index in [0.29, 0.717) is 22.3 Å². The van der Waals surface area contributed by atoms with E-state index in [1.54, 1.807) is 13.8 Å². The maximum Gasteiger partial charge on any atom is 0.293 e. The Balaban J connectivity index is 2.32. The van der Waals surface area contributed by atoms with Crippen molar-refractivity contribution in [1.29, 1.82) is 0 Å². The molecular formula is C14H15ClN2O2. The third kappa shape index (κ3) is 2.79. The smallest absolute Gasteiger partial charge is 0.293 e. The van der Waals surface area contributed by atoms with Gasteiger partial charge >= 0.3 is 0 Å². The van der Waals surface area contributed by atoms with E-state index in [4.69, 9.17) is 16.0 Å². The summed E-state index contributed by atoms with van der Waals surface area (Å²) in [5.41, 5.74) is 3.13. The summed E-state index contributed by atoms with van der Waals surface area (Å²) < 4.78 is 5.29. The predicted octanol–water partition coefficient (Wildman–Crippen LogP) is 3.81. The number of aryl methyl sites for hydroxylation is 4. The highest BCUT2D eigenvalue weighted by Gasteiger charge is 2.18. The first-order valence-electron chi connectivity index (χ1n) is 5.90. The molecule has 1 amide bonds. The van der Waals surface area contributed by atoms with E-state index in [1.807, 2.05) is 26.0 Å². The quantitative estimate of drug-likeness (QED) is 0.909. The van der Waals surface area contributed by atoms with Gasteiger partial charge in [-0.05, 0) is 38.0 Å². The van der Waals surface area contributed by atoms with Crippen LogP contribution < -0.4 is 5.32 Å². The molecule has 100 valence electrons. The molecule has 0 aliphatic rings. The minimum Gasteiger partial charge on any atom is -0.436 e. The van der Waals surface area contributed by atoms with Crippen LogP contribution in [0.3, 0.4) is 0 Å². The molecule has 1 N–H and O–H groups in total. The molecule has 19 heavy (non-hydrogen) atoms. The van der Waals surface area contributed by atoms with Crippen molar-refractivity contribution in [3.05, 3.63) is 45.6 Å². The van der Waals surface area contributed by atoms with Gasteiger partial charge in [-0.2, -0.15) is 0 Å². The number of nitrogens with one attached hydrogen (secondary N) is 1. The van der Waals surface area contributed by atoms with Gasteiger partial charge in [0.25, 0.3) is 5.91 Å². The fourth-order valence-corrected chi connectivity index (χ4v) is 2.35. The van der Waals surface area contributed by atoms with Gasteiger partial charge in [0, 0.05) is 6.92 Å². The predicted molar refractivity (Wildman–Crippen MR) is 74.9 cm³/mol. The summed E-state index contributed by atoms with van der Waals surface area (Å²) in [6.07, 6.45) is 0. The molecule has 0 saturated carbocycles. The van der Waals surface area contributed by atoms with Crippen molar-refractivity contribution < 1.29 is 9.21 Å². The Morgan fingerprint density at radius 3 is 2.47 bits per heavy atom. The van der Waals surface area contributed by atoms with Crippen LogP contribution in [0.4, 0.5) is 5.69 Å². The van der Waals surface area contributed by atoms with Gasteiger partial charge in [0.05, 0.1) is 16.4 Å². The van der Waals surface area contributed by atoms with Crippen LogP contribution in [0.1, 0.15) is 33.3 Å². The molecule has 2 rings (SSSR count). The minimum absolute atomic E-state index is 0.216. The van der Waals surface area contributed by atoms with Crippen LogP contribution in [0.25, 0.3) is 0 Å². The molecule has 5 heteroatoms. The van der Waals surface area contributed by atoms with Crippen LogP contribution in [0.15, 0.2) is 16.5 Å². The first-order chi connectivity index (χ1) is 8.88. The van der Waals surface area contributed by atoms with E-state index < -0.39 is 0 Å². The van der Waals surface area contributed by atoms with Crippen LogP contribution in [-0.2, 0) is 0 Å². The molecular weight excluding hydrogens is 264 g/mol. The van der Waals surface area contributed by atoms with Crippen molar-refractivity contribution in [2.75, 3.05) is 5.32 Å². The van der Waals surface area contributed by atoms with Crippen LogP contribution in [0.5, 0.6) is 0 Å². The summed E-state index contributed by atoms with van der Waals surface area (Å²) in [5.74, 6) is 0.342. The standard InChI is InChI=1S/C14H15ClN2O2/c1-7-5-8(2)12(11(15)6-7)17-14(18)13-9(3)16-10(4)19-13/h5-6H,1-4H3,(H,17,18). The van der Waals surface area contributed by atoms with Gasteiger partial charge in [-0.25, -0.2) is 4.98 Å². The van der Waals surface area contributed by atoms with Gasteiger partial charge in [-0.1, -0.05) is 17.7 Å². The van der Waals surface area contributed by atoms with Crippen molar-refractivity contribution in [2.24, 2.45) is 0 Å². The zero-order valence-electron chi connectivity index (χ0n) is 11.3. The summed E-state index contributed by atoms with van der Waals surface area (Å²) in [4.78, 5) is 16.2. The molecule has 0 spiro atoms. The van der Waals surface area contributed by atoms with Gasteiger partial charge in [0.15, 0.2) is 5.89 Å². The molecule has 0 bridgehead atoms.